The minimum atomic E-state index is -0.482. The van der Waals surface area contributed by atoms with Crippen LogP contribution in [0.1, 0.15) is 38.4 Å². The molecule has 29 heavy (non-hydrogen) atoms. The molecular weight excluding hydrogens is 388 g/mol. The molecule has 150 valence electrons. The highest BCUT2D eigenvalue weighted by atomic mass is 35.5. The SMILES string of the molecule is CCn1ncc2c(-c3nc(C4(N)CCCC4)no3)cc(-c3ccccc3)nc21.Cl. The van der Waals surface area contributed by atoms with Crippen molar-refractivity contribution in [3.63, 3.8) is 0 Å². The third-order valence-corrected chi connectivity index (χ3v) is 5.58. The van der Waals surface area contributed by atoms with Crippen LogP contribution in [0.3, 0.4) is 0 Å². The Morgan fingerprint density at radius 3 is 2.62 bits per heavy atom. The first-order valence-corrected chi connectivity index (χ1v) is 9.73. The molecular formula is C21H23ClN6O. The third-order valence-electron chi connectivity index (χ3n) is 5.58. The standard InChI is InChI=1S/C21H22N6O.ClH/c1-2-27-18-16(13-23-27)15(12-17(24-18)14-8-4-3-5-9-14)19-25-20(26-28-19)21(22)10-6-7-11-21;/h3-5,8-9,12-13H,2,6-7,10-11,22H2,1H3;1H. The second-order valence-electron chi connectivity index (χ2n) is 7.41. The fraction of sp³-hybridized carbons (Fsp3) is 0.333. The zero-order chi connectivity index (χ0) is 19.1. The Labute approximate surface area is 174 Å². The third kappa shape index (κ3) is 3.30. The molecule has 1 saturated carbocycles. The minimum Gasteiger partial charge on any atom is -0.334 e. The lowest BCUT2D eigenvalue weighted by Crippen LogP contribution is -2.34. The van der Waals surface area contributed by atoms with Crippen LogP contribution < -0.4 is 5.73 Å². The molecule has 0 unspecified atom stereocenters. The van der Waals surface area contributed by atoms with Crippen LogP contribution in [0, 0.1) is 0 Å². The minimum absolute atomic E-state index is 0. The largest absolute Gasteiger partial charge is 0.334 e. The molecule has 2 N–H and O–H groups in total. The number of halogens is 1. The van der Waals surface area contributed by atoms with Crippen LogP contribution in [0.2, 0.25) is 0 Å². The van der Waals surface area contributed by atoms with Crippen molar-refractivity contribution >= 4 is 23.4 Å². The molecule has 7 nitrogen and oxygen atoms in total. The molecule has 3 aromatic heterocycles. The second kappa shape index (κ2) is 7.57. The van der Waals surface area contributed by atoms with Gasteiger partial charge in [0.05, 0.1) is 28.4 Å². The first-order chi connectivity index (χ1) is 13.7. The summed E-state index contributed by atoms with van der Waals surface area (Å²) in [7, 11) is 0. The van der Waals surface area contributed by atoms with E-state index in [1.807, 2.05) is 54.2 Å². The molecule has 0 spiro atoms. The maximum absolute atomic E-state index is 6.52. The van der Waals surface area contributed by atoms with Crippen molar-refractivity contribution in [3.05, 3.63) is 48.4 Å². The normalized spacial score (nSPS) is 15.5. The van der Waals surface area contributed by atoms with Gasteiger partial charge in [-0.25, -0.2) is 9.67 Å². The van der Waals surface area contributed by atoms with E-state index in [2.05, 4.69) is 15.2 Å². The van der Waals surface area contributed by atoms with Crippen LogP contribution in [0.15, 0.2) is 47.1 Å². The van der Waals surface area contributed by atoms with Crippen LogP contribution in [0.25, 0.3) is 33.7 Å². The number of hydrogen-bond acceptors (Lipinski definition) is 6. The van der Waals surface area contributed by atoms with E-state index in [4.69, 9.17) is 15.2 Å². The van der Waals surface area contributed by atoms with Gasteiger partial charge in [-0.2, -0.15) is 10.1 Å². The highest BCUT2D eigenvalue weighted by Crippen LogP contribution is 2.37. The molecule has 0 saturated heterocycles. The summed E-state index contributed by atoms with van der Waals surface area (Å²) in [6, 6.07) is 12.1. The van der Waals surface area contributed by atoms with Crippen LogP contribution in [-0.4, -0.2) is 24.9 Å². The maximum atomic E-state index is 6.52. The van der Waals surface area contributed by atoms with Crippen molar-refractivity contribution in [2.75, 3.05) is 0 Å². The summed E-state index contributed by atoms with van der Waals surface area (Å²) in [4.78, 5) is 9.53. The number of hydrogen-bond donors (Lipinski definition) is 1. The Morgan fingerprint density at radius 2 is 1.90 bits per heavy atom. The van der Waals surface area contributed by atoms with Gasteiger partial charge in [-0.05, 0) is 25.8 Å². The lowest BCUT2D eigenvalue weighted by atomic mass is 9.98. The smallest absolute Gasteiger partial charge is 0.258 e. The van der Waals surface area contributed by atoms with E-state index in [1.165, 1.54) is 0 Å². The fourth-order valence-electron chi connectivity index (χ4n) is 3.98. The number of nitrogens with two attached hydrogens (primary N) is 1. The number of fused-ring (bicyclic) bond motifs is 1. The zero-order valence-corrected chi connectivity index (χ0v) is 17.0. The number of rotatable bonds is 4. The molecule has 3 heterocycles. The molecule has 0 atom stereocenters. The van der Waals surface area contributed by atoms with E-state index < -0.39 is 5.54 Å². The molecule has 0 bridgehead atoms. The quantitative estimate of drug-likeness (QED) is 0.538. The zero-order valence-electron chi connectivity index (χ0n) is 16.2. The van der Waals surface area contributed by atoms with Crippen LogP contribution in [0.4, 0.5) is 0 Å². The molecule has 1 fully saturated rings. The number of pyridine rings is 1. The van der Waals surface area contributed by atoms with Gasteiger partial charge in [0.15, 0.2) is 11.5 Å². The average Bonchev–Trinajstić information content (AvgIpc) is 3.47. The van der Waals surface area contributed by atoms with Crippen molar-refractivity contribution in [1.82, 2.24) is 24.9 Å². The van der Waals surface area contributed by atoms with Gasteiger partial charge in [0, 0.05) is 12.1 Å². The van der Waals surface area contributed by atoms with Gasteiger partial charge in [0.2, 0.25) is 0 Å². The Bertz CT molecular complexity index is 1130. The number of aryl methyl sites for hydroxylation is 1. The highest BCUT2D eigenvalue weighted by Gasteiger charge is 2.36. The molecule has 4 aromatic rings. The summed E-state index contributed by atoms with van der Waals surface area (Å²) in [5.74, 6) is 1.06. The first kappa shape index (κ1) is 19.5. The summed E-state index contributed by atoms with van der Waals surface area (Å²) in [6.07, 6.45) is 5.79. The average molecular weight is 411 g/mol. The lowest BCUT2D eigenvalue weighted by molar-refractivity contribution is 0.373. The van der Waals surface area contributed by atoms with Crippen molar-refractivity contribution in [1.29, 1.82) is 0 Å². The number of nitrogens with zero attached hydrogens (tertiary/aromatic N) is 5. The Hall–Kier alpha value is -2.77. The molecule has 5 rings (SSSR count). The monoisotopic (exact) mass is 410 g/mol. The van der Waals surface area contributed by atoms with Crippen molar-refractivity contribution in [2.24, 2.45) is 5.73 Å². The summed E-state index contributed by atoms with van der Waals surface area (Å²) in [5, 5.41) is 9.59. The van der Waals surface area contributed by atoms with Gasteiger partial charge in [0.25, 0.3) is 5.89 Å². The highest BCUT2D eigenvalue weighted by molar-refractivity contribution is 5.92. The first-order valence-electron chi connectivity index (χ1n) is 9.73. The number of benzene rings is 1. The van der Waals surface area contributed by atoms with E-state index in [9.17, 15) is 0 Å². The maximum Gasteiger partial charge on any atom is 0.258 e. The van der Waals surface area contributed by atoms with Gasteiger partial charge >= 0.3 is 0 Å². The van der Waals surface area contributed by atoms with Gasteiger partial charge in [-0.15, -0.1) is 12.4 Å². The molecule has 0 aliphatic heterocycles. The summed E-state index contributed by atoms with van der Waals surface area (Å²) >= 11 is 0. The van der Waals surface area contributed by atoms with Crippen LogP contribution in [0.5, 0.6) is 0 Å². The van der Waals surface area contributed by atoms with E-state index >= 15 is 0 Å². The second-order valence-corrected chi connectivity index (χ2v) is 7.41. The van der Waals surface area contributed by atoms with Gasteiger partial charge < -0.3 is 10.3 Å². The van der Waals surface area contributed by atoms with Crippen molar-refractivity contribution in [3.8, 4) is 22.7 Å². The van der Waals surface area contributed by atoms with Crippen LogP contribution in [-0.2, 0) is 12.1 Å². The Kier molecular flexibility index (Phi) is 5.10. The predicted molar refractivity (Wildman–Crippen MR) is 114 cm³/mol. The molecule has 1 aliphatic rings. The van der Waals surface area contributed by atoms with E-state index in [-0.39, 0.29) is 12.4 Å². The van der Waals surface area contributed by atoms with Crippen molar-refractivity contribution < 1.29 is 4.52 Å². The van der Waals surface area contributed by atoms with Crippen molar-refractivity contribution in [2.45, 2.75) is 44.7 Å². The van der Waals surface area contributed by atoms with Gasteiger partial charge in [-0.3, -0.25) is 0 Å². The molecule has 0 radical (unpaired) electrons. The summed E-state index contributed by atoms with van der Waals surface area (Å²) in [5.41, 5.74) is 9.56. The number of aromatic nitrogens is 5. The van der Waals surface area contributed by atoms with Gasteiger partial charge in [-0.1, -0.05) is 48.3 Å². The van der Waals surface area contributed by atoms with Gasteiger partial charge in [0.1, 0.15) is 0 Å². The Morgan fingerprint density at radius 1 is 1.14 bits per heavy atom. The van der Waals surface area contributed by atoms with E-state index in [0.29, 0.717) is 11.7 Å². The topological polar surface area (TPSA) is 95.7 Å². The lowest BCUT2D eigenvalue weighted by Gasteiger charge is -2.17. The predicted octanol–water partition coefficient (Wildman–Crippen LogP) is 4.32. The van der Waals surface area contributed by atoms with E-state index in [0.717, 1.165) is 60.1 Å². The molecule has 1 aromatic carbocycles. The fourth-order valence-corrected chi connectivity index (χ4v) is 3.98. The summed E-state index contributed by atoms with van der Waals surface area (Å²) < 4.78 is 7.54. The van der Waals surface area contributed by atoms with E-state index in [1.54, 1.807) is 0 Å². The molecule has 8 heteroatoms. The van der Waals surface area contributed by atoms with Crippen LogP contribution >= 0.6 is 12.4 Å². The molecule has 0 amide bonds. The summed E-state index contributed by atoms with van der Waals surface area (Å²) in [6.45, 7) is 2.78. The Balaban J connectivity index is 0.00000205. The molecule has 1 aliphatic carbocycles.